The zero-order chi connectivity index (χ0) is 45.5. The van der Waals surface area contributed by atoms with Crippen LogP contribution in [0.5, 0.6) is 0 Å². The van der Waals surface area contributed by atoms with E-state index in [1.54, 1.807) is 0 Å². The van der Waals surface area contributed by atoms with Gasteiger partial charge >= 0.3 is 0 Å². The fourth-order valence-corrected chi connectivity index (χ4v) is 12.5. The zero-order valence-corrected chi connectivity index (χ0v) is 38.7. The standard InChI is InChI=1S/C66H48N2/c1-65(2)53-21-11-9-19-49(53)63-55(65)23-13-25-59(63)67(47-33-27-41-15-5-7-17-45(41)39-47)57-37-31-43-30-36-52-58(38-32-44-29-35-51(57)61(43)62(44)52)68(48-34-28-42-16-6-8-18-46(42)40-48)60-26-14-24-56-64(60)50-20-10-12-22-54(50)66(56,3)4/h5-40H,1-4H3. The Balaban J connectivity index is 1.05. The monoisotopic (exact) mass is 868 g/mol. The first kappa shape index (κ1) is 39.0. The van der Waals surface area contributed by atoms with Crippen LogP contribution in [0.25, 0.3) is 76.1 Å². The molecule has 0 saturated carbocycles. The number of rotatable bonds is 6. The summed E-state index contributed by atoms with van der Waals surface area (Å²) >= 11 is 0. The summed E-state index contributed by atoms with van der Waals surface area (Å²) in [6.45, 7) is 9.50. The molecule has 0 N–H and O–H groups in total. The number of nitrogens with zero attached hydrogens (tertiary/aromatic N) is 2. The molecule has 322 valence electrons. The van der Waals surface area contributed by atoms with Crippen molar-refractivity contribution in [1.29, 1.82) is 0 Å². The fourth-order valence-electron chi connectivity index (χ4n) is 12.5. The smallest absolute Gasteiger partial charge is 0.0543 e. The van der Waals surface area contributed by atoms with Gasteiger partial charge in [0.1, 0.15) is 0 Å². The molecule has 0 bridgehead atoms. The van der Waals surface area contributed by atoms with Gasteiger partial charge in [0.25, 0.3) is 0 Å². The van der Waals surface area contributed by atoms with Gasteiger partial charge in [-0.3, -0.25) is 0 Å². The Kier molecular flexibility index (Phi) is 8.12. The van der Waals surface area contributed by atoms with Crippen molar-refractivity contribution in [3.63, 3.8) is 0 Å². The molecule has 0 unspecified atom stereocenters. The highest BCUT2D eigenvalue weighted by atomic mass is 15.2. The van der Waals surface area contributed by atoms with Crippen molar-refractivity contribution >= 4 is 88.0 Å². The van der Waals surface area contributed by atoms with E-state index in [-0.39, 0.29) is 10.8 Å². The van der Waals surface area contributed by atoms with Crippen LogP contribution in [0.3, 0.4) is 0 Å². The molecular weight excluding hydrogens is 821 g/mol. The molecule has 0 fully saturated rings. The van der Waals surface area contributed by atoms with Crippen LogP contribution >= 0.6 is 0 Å². The lowest BCUT2D eigenvalue weighted by molar-refractivity contribution is 0.660. The van der Waals surface area contributed by atoms with Gasteiger partial charge in [-0.2, -0.15) is 0 Å². The number of hydrogen-bond donors (Lipinski definition) is 0. The molecule has 12 aromatic rings. The van der Waals surface area contributed by atoms with E-state index in [9.17, 15) is 0 Å². The average molecular weight is 869 g/mol. The van der Waals surface area contributed by atoms with Crippen molar-refractivity contribution in [2.24, 2.45) is 0 Å². The van der Waals surface area contributed by atoms with Crippen LogP contribution < -0.4 is 9.80 Å². The number of benzene rings is 12. The van der Waals surface area contributed by atoms with Crippen molar-refractivity contribution in [1.82, 2.24) is 0 Å². The Bertz CT molecular complexity index is 3790. The molecule has 68 heavy (non-hydrogen) atoms. The Hall–Kier alpha value is -8.20. The summed E-state index contributed by atoms with van der Waals surface area (Å²) in [5.74, 6) is 0. The summed E-state index contributed by atoms with van der Waals surface area (Å²) in [6.07, 6.45) is 0. The van der Waals surface area contributed by atoms with Crippen LogP contribution in [0, 0.1) is 0 Å². The molecule has 0 heterocycles. The van der Waals surface area contributed by atoms with E-state index in [1.165, 1.54) is 110 Å². The lowest BCUT2D eigenvalue weighted by Gasteiger charge is -2.31. The lowest BCUT2D eigenvalue weighted by atomic mass is 9.82. The SMILES string of the molecule is CC1(C)c2ccccc2-c2c(N(c3ccc4ccccc4c3)c3ccc4ccc5c(N(c6ccc7ccccc7c6)c6cccc7c6-c6ccccc6C7(C)C)ccc6ccc3c4c65)cccc21. The van der Waals surface area contributed by atoms with Crippen molar-refractivity contribution < 1.29 is 0 Å². The molecule has 0 spiro atoms. The summed E-state index contributed by atoms with van der Waals surface area (Å²) in [5.41, 5.74) is 17.4. The third kappa shape index (κ3) is 5.40. The Labute approximate surface area is 397 Å². The highest BCUT2D eigenvalue weighted by Crippen LogP contribution is 2.57. The summed E-state index contributed by atoms with van der Waals surface area (Å²) < 4.78 is 0. The van der Waals surface area contributed by atoms with Gasteiger partial charge in [-0.1, -0.05) is 198 Å². The van der Waals surface area contributed by atoms with E-state index in [2.05, 4.69) is 256 Å². The van der Waals surface area contributed by atoms with Crippen LogP contribution in [-0.4, -0.2) is 0 Å². The van der Waals surface area contributed by atoms with E-state index in [1.807, 2.05) is 0 Å². The van der Waals surface area contributed by atoms with Gasteiger partial charge in [-0.15, -0.1) is 0 Å². The quantitative estimate of drug-likeness (QED) is 0.154. The Morgan fingerprint density at radius 3 is 1.10 bits per heavy atom. The molecule has 2 aliphatic rings. The molecule has 0 radical (unpaired) electrons. The summed E-state index contributed by atoms with van der Waals surface area (Å²) in [5, 5.41) is 12.4. The van der Waals surface area contributed by atoms with Gasteiger partial charge in [0, 0.05) is 44.1 Å². The minimum atomic E-state index is -0.135. The molecule has 14 rings (SSSR count). The van der Waals surface area contributed by atoms with E-state index >= 15 is 0 Å². The topological polar surface area (TPSA) is 6.48 Å². The number of fused-ring (bicyclic) bond motifs is 8. The summed E-state index contributed by atoms with van der Waals surface area (Å²) in [6, 6.07) is 82.1. The third-order valence-corrected chi connectivity index (χ3v) is 15.7. The fraction of sp³-hybridized carbons (Fsp3) is 0.0909. The Morgan fingerprint density at radius 1 is 0.279 bits per heavy atom. The molecular formula is C66H48N2. The molecule has 0 atom stereocenters. The van der Waals surface area contributed by atoms with Crippen LogP contribution in [0.1, 0.15) is 49.9 Å². The van der Waals surface area contributed by atoms with Gasteiger partial charge in [-0.05, 0) is 125 Å². The predicted molar refractivity (Wildman–Crippen MR) is 290 cm³/mol. The first-order valence-corrected chi connectivity index (χ1v) is 24.0. The van der Waals surface area contributed by atoms with E-state index in [4.69, 9.17) is 0 Å². The number of anilines is 6. The van der Waals surface area contributed by atoms with Crippen molar-refractivity contribution in [3.8, 4) is 22.3 Å². The van der Waals surface area contributed by atoms with Gasteiger partial charge in [-0.25, -0.2) is 0 Å². The average Bonchev–Trinajstić information content (AvgIpc) is 3.76. The largest absolute Gasteiger partial charge is 0.309 e. The van der Waals surface area contributed by atoms with E-state index in [0.717, 1.165) is 22.7 Å². The first-order chi connectivity index (χ1) is 33.3. The Morgan fingerprint density at radius 2 is 0.647 bits per heavy atom. The molecule has 0 aliphatic heterocycles. The summed E-state index contributed by atoms with van der Waals surface area (Å²) in [4.78, 5) is 5.09. The van der Waals surface area contributed by atoms with Gasteiger partial charge in [0.2, 0.25) is 0 Å². The van der Waals surface area contributed by atoms with Gasteiger partial charge in [0.05, 0.1) is 22.7 Å². The maximum Gasteiger partial charge on any atom is 0.0543 e. The van der Waals surface area contributed by atoms with Crippen LogP contribution in [0.15, 0.2) is 218 Å². The second kappa shape index (κ2) is 14.2. The predicted octanol–water partition coefficient (Wildman–Crippen LogP) is 18.4. The maximum atomic E-state index is 2.55. The molecule has 0 amide bonds. The zero-order valence-electron chi connectivity index (χ0n) is 38.7. The van der Waals surface area contributed by atoms with Gasteiger partial charge < -0.3 is 9.80 Å². The molecule has 2 heteroatoms. The summed E-state index contributed by atoms with van der Waals surface area (Å²) in [7, 11) is 0. The second-order valence-electron chi connectivity index (χ2n) is 20.1. The minimum Gasteiger partial charge on any atom is -0.309 e. The first-order valence-electron chi connectivity index (χ1n) is 24.0. The van der Waals surface area contributed by atoms with Gasteiger partial charge in [0.15, 0.2) is 0 Å². The molecule has 0 saturated heterocycles. The van der Waals surface area contributed by atoms with Crippen LogP contribution in [0.4, 0.5) is 34.1 Å². The van der Waals surface area contributed by atoms with Crippen LogP contribution in [-0.2, 0) is 10.8 Å². The molecule has 12 aromatic carbocycles. The maximum absolute atomic E-state index is 2.55. The number of hydrogen-bond acceptors (Lipinski definition) is 2. The molecule has 0 aromatic heterocycles. The van der Waals surface area contributed by atoms with Crippen molar-refractivity contribution in [2.75, 3.05) is 9.80 Å². The van der Waals surface area contributed by atoms with E-state index < -0.39 is 0 Å². The van der Waals surface area contributed by atoms with Crippen LogP contribution in [0.2, 0.25) is 0 Å². The van der Waals surface area contributed by atoms with E-state index in [0.29, 0.717) is 0 Å². The van der Waals surface area contributed by atoms with Crippen molar-refractivity contribution in [3.05, 3.63) is 241 Å². The lowest BCUT2D eigenvalue weighted by Crippen LogP contribution is -2.16. The highest BCUT2D eigenvalue weighted by molar-refractivity contribution is 6.28. The molecule has 2 aliphatic carbocycles. The third-order valence-electron chi connectivity index (χ3n) is 15.7. The van der Waals surface area contributed by atoms with Crippen molar-refractivity contribution in [2.45, 2.75) is 38.5 Å². The second-order valence-corrected chi connectivity index (χ2v) is 20.1. The minimum absolute atomic E-state index is 0.135. The highest BCUT2D eigenvalue weighted by Gasteiger charge is 2.39. The molecule has 2 nitrogen and oxygen atoms in total. The normalized spacial score (nSPS) is 14.1.